The van der Waals surface area contributed by atoms with Crippen molar-refractivity contribution in [2.45, 2.75) is 4.90 Å². The Balaban J connectivity index is 1.67. The zero-order valence-electron chi connectivity index (χ0n) is 15.9. The van der Waals surface area contributed by atoms with Crippen molar-refractivity contribution in [2.24, 2.45) is 0 Å². The van der Waals surface area contributed by atoms with Crippen molar-refractivity contribution >= 4 is 67.7 Å². The molecule has 2 N–H and O–H groups in total. The maximum Gasteiger partial charge on any atom is 0.337 e. The minimum Gasteiger partial charge on any atom is -0.478 e. The van der Waals surface area contributed by atoms with Crippen molar-refractivity contribution in [3.8, 4) is 0 Å². The van der Waals surface area contributed by atoms with Gasteiger partial charge in [-0.3, -0.25) is 0 Å². The maximum absolute atomic E-state index is 12.1. The van der Waals surface area contributed by atoms with E-state index in [2.05, 4.69) is 5.32 Å². The van der Waals surface area contributed by atoms with E-state index in [1.54, 1.807) is 18.2 Å². The van der Waals surface area contributed by atoms with Crippen molar-refractivity contribution < 1.29 is 18.3 Å². The Kier molecular flexibility index (Phi) is 6.76. The van der Waals surface area contributed by atoms with Crippen LogP contribution in [0.15, 0.2) is 41.3 Å². The molecule has 1 aliphatic heterocycles. The molecule has 1 fully saturated rings. The topological polar surface area (TPSA) is 90.0 Å². The second-order valence-electron chi connectivity index (χ2n) is 6.79. The predicted octanol–water partition coefficient (Wildman–Crippen LogP) is 3.61. The van der Waals surface area contributed by atoms with E-state index in [0.717, 1.165) is 6.26 Å². The van der Waals surface area contributed by atoms with Crippen LogP contribution in [0.3, 0.4) is 0 Å². The van der Waals surface area contributed by atoms with Gasteiger partial charge in [0, 0.05) is 43.1 Å². The van der Waals surface area contributed by atoms with Gasteiger partial charge in [-0.05, 0) is 48.6 Å². The molecule has 2 aromatic rings. The van der Waals surface area contributed by atoms with E-state index in [1.807, 2.05) is 9.80 Å². The fourth-order valence-corrected chi connectivity index (χ4v) is 4.88. The van der Waals surface area contributed by atoms with Crippen molar-refractivity contribution in [3.63, 3.8) is 0 Å². The normalized spacial score (nSPS) is 14.5. The van der Waals surface area contributed by atoms with Gasteiger partial charge in [0.05, 0.1) is 21.2 Å². The summed E-state index contributed by atoms with van der Waals surface area (Å²) in [6.45, 7) is 2.31. The molecule has 0 saturated carbocycles. The molecular weight excluding hydrogens is 469 g/mol. The standard InChI is InChI=1S/C19H19Cl2N3O4S2/c1-30(27,28)17-10-12(20)2-5-16(17)23-6-8-24(9-7-23)19(29)22-13-3-4-14(18(25)26)15(21)11-13/h2-5,10-11H,6-9H2,1H3,(H,22,29)(H,25,26). The van der Waals surface area contributed by atoms with Gasteiger partial charge >= 0.3 is 5.97 Å². The number of hydrogen-bond acceptors (Lipinski definition) is 5. The van der Waals surface area contributed by atoms with Crippen LogP contribution in [0.2, 0.25) is 10.0 Å². The van der Waals surface area contributed by atoms with Gasteiger partial charge in [0.25, 0.3) is 0 Å². The summed E-state index contributed by atoms with van der Waals surface area (Å²) in [6.07, 6.45) is 1.16. The Morgan fingerprint density at radius 1 is 1.10 bits per heavy atom. The third-order valence-corrected chi connectivity index (χ3v) is 6.71. The molecule has 0 amide bonds. The van der Waals surface area contributed by atoms with Crippen LogP contribution < -0.4 is 10.2 Å². The number of nitrogens with zero attached hydrogens (tertiary/aromatic N) is 2. The van der Waals surface area contributed by atoms with E-state index < -0.39 is 15.8 Å². The zero-order chi connectivity index (χ0) is 22.1. The molecule has 1 heterocycles. The molecule has 0 aromatic heterocycles. The number of carboxylic acids is 1. The van der Waals surface area contributed by atoms with Crippen LogP contribution in [0.25, 0.3) is 0 Å². The van der Waals surface area contributed by atoms with E-state index >= 15 is 0 Å². The molecule has 0 radical (unpaired) electrons. The maximum atomic E-state index is 12.1. The molecule has 0 bridgehead atoms. The third-order valence-electron chi connectivity index (χ3n) is 4.68. The molecule has 0 atom stereocenters. The summed E-state index contributed by atoms with van der Waals surface area (Å²) in [5, 5.41) is 13.1. The van der Waals surface area contributed by atoms with Crippen LogP contribution in [0, 0.1) is 0 Å². The highest BCUT2D eigenvalue weighted by molar-refractivity contribution is 7.90. The molecule has 0 spiro atoms. The number of hydrogen-bond donors (Lipinski definition) is 2. The summed E-state index contributed by atoms with van der Waals surface area (Å²) in [4.78, 5) is 15.2. The average Bonchev–Trinajstić information content (AvgIpc) is 2.67. The molecule has 160 valence electrons. The Hall–Kier alpha value is -2.07. The average molecular weight is 488 g/mol. The summed E-state index contributed by atoms with van der Waals surface area (Å²) < 4.78 is 24.3. The fraction of sp³-hybridized carbons (Fsp3) is 0.263. The molecule has 0 unspecified atom stereocenters. The number of piperazine rings is 1. The number of benzene rings is 2. The predicted molar refractivity (Wildman–Crippen MR) is 123 cm³/mol. The summed E-state index contributed by atoms with van der Waals surface area (Å²) in [7, 11) is -3.42. The molecule has 1 aliphatic rings. The van der Waals surface area contributed by atoms with E-state index in [0.29, 0.717) is 47.7 Å². The van der Waals surface area contributed by atoms with Crippen LogP contribution in [-0.4, -0.2) is 61.9 Å². The highest BCUT2D eigenvalue weighted by atomic mass is 35.5. The second-order valence-corrected chi connectivity index (χ2v) is 10.0. The molecule has 2 aromatic carbocycles. The first-order valence-electron chi connectivity index (χ1n) is 8.89. The van der Waals surface area contributed by atoms with Gasteiger partial charge in [-0.25, -0.2) is 13.2 Å². The Labute approximate surface area is 190 Å². The lowest BCUT2D eigenvalue weighted by Crippen LogP contribution is -2.50. The number of carbonyl (C=O) groups is 1. The Bertz CT molecular complexity index is 1100. The number of aromatic carboxylic acids is 1. The van der Waals surface area contributed by atoms with E-state index in [4.69, 9.17) is 40.5 Å². The zero-order valence-corrected chi connectivity index (χ0v) is 19.1. The minimum absolute atomic E-state index is 0.0198. The number of nitrogens with one attached hydrogen (secondary N) is 1. The number of rotatable bonds is 4. The molecule has 0 aliphatic carbocycles. The van der Waals surface area contributed by atoms with Crippen LogP contribution >= 0.6 is 35.4 Å². The number of thiocarbonyl (C=S) groups is 1. The lowest BCUT2D eigenvalue weighted by molar-refractivity contribution is 0.0697. The van der Waals surface area contributed by atoms with Crippen LogP contribution in [-0.2, 0) is 9.84 Å². The SMILES string of the molecule is CS(=O)(=O)c1cc(Cl)ccc1N1CCN(C(=S)Nc2ccc(C(=O)O)c(Cl)c2)CC1. The molecule has 1 saturated heterocycles. The second kappa shape index (κ2) is 8.97. The first-order valence-corrected chi connectivity index (χ1v) is 11.9. The third kappa shape index (κ3) is 5.15. The fourth-order valence-electron chi connectivity index (χ4n) is 3.17. The van der Waals surface area contributed by atoms with Crippen LogP contribution in [0.1, 0.15) is 10.4 Å². The summed E-state index contributed by atoms with van der Waals surface area (Å²) in [5.74, 6) is -1.10. The lowest BCUT2D eigenvalue weighted by atomic mass is 10.2. The minimum atomic E-state index is -3.42. The summed E-state index contributed by atoms with van der Waals surface area (Å²) in [5.41, 5.74) is 1.23. The first kappa shape index (κ1) is 22.6. The smallest absolute Gasteiger partial charge is 0.337 e. The summed E-state index contributed by atoms with van der Waals surface area (Å²) in [6, 6.07) is 9.39. The van der Waals surface area contributed by atoms with Crippen molar-refractivity contribution in [1.29, 1.82) is 0 Å². The number of anilines is 2. The highest BCUT2D eigenvalue weighted by Crippen LogP contribution is 2.29. The monoisotopic (exact) mass is 487 g/mol. The lowest BCUT2D eigenvalue weighted by Gasteiger charge is -2.38. The number of sulfone groups is 1. The quantitative estimate of drug-likeness (QED) is 0.631. The molecule has 30 heavy (non-hydrogen) atoms. The highest BCUT2D eigenvalue weighted by Gasteiger charge is 2.24. The van der Waals surface area contributed by atoms with E-state index in [1.165, 1.54) is 18.2 Å². The van der Waals surface area contributed by atoms with Gasteiger partial charge < -0.3 is 20.2 Å². The first-order chi connectivity index (χ1) is 14.1. The van der Waals surface area contributed by atoms with Gasteiger partial charge in [-0.15, -0.1) is 0 Å². The molecule has 7 nitrogen and oxygen atoms in total. The van der Waals surface area contributed by atoms with E-state index in [9.17, 15) is 13.2 Å². The largest absolute Gasteiger partial charge is 0.478 e. The van der Waals surface area contributed by atoms with E-state index in [-0.39, 0.29) is 15.5 Å². The van der Waals surface area contributed by atoms with Gasteiger partial charge in [-0.2, -0.15) is 0 Å². The van der Waals surface area contributed by atoms with Crippen molar-refractivity contribution in [3.05, 3.63) is 52.0 Å². The van der Waals surface area contributed by atoms with Crippen LogP contribution in [0.4, 0.5) is 11.4 Å². The molecule has 3 rings (SSSR count). The number of halogens is 2. The molecule has 11 heteroatoms. The van der Waals surface area contributed by atoms with Gasteiger partial charge in [0.2, 0.25) is 0 Å². The van der Waals surface area contributed by atoms with Gasteiger partial charge in [-0.1, -0.05) is 23.2 Å². The van der Waals surface area contributed by atoms with Crippen molar-refractivity contribution in [2.75, 3.05) is 42.7 Å². The van der Waals surface area contributed by atoms with Gasteiger partial charge in [0.15, 0.2) is 14.9 Å². The summed E-state index contributed by atoms with van der Waals surface area (Å²) >= 11 is 17.4. The Morgan fingerprint density at radius 2 is 1.77 bits per heavy atom. The molecular formula is C19H19Cl2N3O4S2. The number of carboxylic acid groups (broad SMARTS) is 1. The Morgan fingerprint density at radius 3 is 2.33 bits per heavy atom. The van der Waals surface area contributed by atoms with Gasteiger partial charge in [0.1, 0.15) is 0 Å². The van der Waals surface area contributed by atoms with Crippen LogP contribution in [0.5, 0.6) is 0 Å². The van der Waals surface area contributed by atoms with Crippen molar-refractivity contribution in [1.82, 2.24) is 4.90 Å².